The Morgan fingerprint density at radius 3 is 2.45 bits per heavy atom. The number of nitrogens with zero attached hydrogens (tertiary/aromatic N) is 2. The lowest BCUT2D eigenvalue weighted by Gasteiger charge is -2.26. The molecule has 1 atom stereocenters. The number of aromatic nitrogens is 1. The monoisotopic (exact) mass is 868 g/mol. The third kappa shape index (κ3) is 7.11. The Bertz CT molecular complexity index is 2480. The number of ether oxygens (including phenoxy) is 2. The smallest absolute Gasteiger partial charge is 0.338 e. The third-order valence-electron chi connectivity index (χ3n) is 8.87. The van der Waals surface area contributed by atoms with Gasteiger partial charge in [-0.3, -0.25) is 9.36 Å². The predicted molar refractivity (Wildman–Crippen MR) is 217 cm³/mol. The van der Waals surface area contributed by atoms with Crippen molar-refractivity contribution in [3.8, 4) is 5.75 Å². The van der Waals surface area contributed by atoms with Crippen LogP contribution in [0.4, 0.5) is 0 Å². The molecule has 0 saturated heterocycles. The van der Waals surface area contributed by atoms with Gasteiger partial charge in [0.1, 0.15) is 12.4 Å². The van der Waals surface area contributed by atoms with E-state index in [1.54, 1.807) is 11.5 Å². The van der Waals surface area contributed by atoms with Crippen molar-refractivity contribution in [3.05, 3.63) is 170 Å². The predicted octanol–water partition coefficient (Wildman–Crippen LogP) is 9.16. The Hall–Kier alpha value is -4.32. The Morgan fingerprint density at radius 2 is 1.71 bits per heavy atom. The number of hydrogen-bond acceptors (Lipinski definition) is 6. The van der Waals surface area contributed by atoms with Crippen LogP contribution in [-0.4, -0.2) is 17.1 Å². The lowest BCUT2D eigenvalue weighted by molar-refractivity contribution is -0.138. The number of halogens is 2. The first-order valence-corrected chi connectivity index (χ1v) is 19.4. The summed E-state index contributed by atoms with van der Waals surface area (Å²) < 4.78 is 16.1. The molecule has 0 unspecified atom stereocenters. The van der Waals surface area contributed by atoms with Crippen LogP contribution in [0.2, 0.25) is 0 Å². The normalized spacial score (nSPS) is 14.5. The van der Waals surface area contributed by atoms with Crippen molar-refractivity contribution in [2.75, 3.05) is 6.61 Å². The quantitative estimate of drug-likeness (QED) is 0.107. The lowest BCUT2D eigenvalue weighted by atomic mass is 9.91. The van der Waals surface area contributed by atoms with E-state index < -0.39 is 12.0 Å². The van der Waals surface area contributed by atoms with E-state index in [9.17, 15) is 9.59 Å². The largest absolute Gasteiger partial charge is 0.487 e. The highest BCUT2D eigenvalue weighted by molar-refractivity contribution is 14.1. The lowest BCUT2D eigenvalue weighted by Crippen LogP contribution is -2.40. The number of thiazole rings is 1. The molecule has 0 aliphatic carbocycles. The summed E-state index contributed by atoms with van der Waals surface area (Å²) in [5, 5.41) is 2.28. The van der Waals surface area contributed by atoms with Crippen LogP contribution in [0, 0.1) is 3.57 Å². The highest BCUT2D eigenvalue weighted by Gasteiger charge is 2.35. The molecule has 9 heteroatoms. The molecule has 1 aliphatic rings. The first-order valence-electron chi connectivity index (χ1n) is 16.7. The van der Waals surface area contributed by atoms with Gasteiger partial charge < -0.3 is 9.47 Å². The highest BCUT2D eigenvalue weighted by atomic mass is 127. The summed E-state index contributed by atoms with van der Waals surface area (Å²) in [4.78, 5) is 34.0. The number of esters is 1. The number of rotatable bonds is 9. The van der Waals surface area contributed by atoms with Crippen molar-refractivity contribution in [2.45, 2.75) is 39.3 Å². The molecule has 5 aromatic carbocycles. The van der Waals surface area contributed by atoms with E-state index in [-0.39, 0.29) is 12.2 Å². The van der Waals surface area contributed by atoms with Crippen LogP contribution >= 0.6 is 49.9 Å². The van der Waals surface area contributed by atoms with Crippen LogP contribution in [0.3, 0.4) is 0 Å². The van der Waals surface area contributed by atoms with Crippen molar-refractivity contribution < 1.29 is 14.3 Å². The summed E-state index contributed by atoms with van der Waals surface area (Å²) in [6.45, 7) is 6.60. The second kappa shape index (κ2) is 15.1. The first-order chi connectivity index (χ1) is 24.7. The minimum atomic E-state index is -0.747. The molecular formula is C42H34BrIN2O4S. The second-order valence-corrected chi connectivity index (χ2v) is 15.6. The molecule has 0 amide bonds. The fraction of sp³-hybridized carbons (Fsp3) is 0.167. The Kier molecular flexibility index (Phi) is 10.4. The molecule has 256 valence electrons. The summed E-state index contributed by atoms with van der Waals surface area (Å²) in [6, 6.07) is 35.4. The van der Waals surface area contributed by atoms with Gasteiger partial charge in [0.2, 0.25) is 0 Å². The molecule has 0 N–H and O–H groups in total. The van der Waals surface area contributed by atoms with Gasteiger partial charge in [-0.2, -0.15) is 0 Å². The zero-order valence-electron chi connectivity index (χ0n) is 28.2. The molecule has 6 nitrogen and oxygen atoms in total. The Balaban J connectivity index is 1.40. The number of carbonyl (C=O) groups is 1. The summed E-state index contributed by atoms with van der Waals surface area (Å²) in [6.07, 6.45) is 1.87. The summed E-state index contributed by atoms with van der Waals surface area (Å²) >= 11 is 7.22. The molecule has 1 aliphatic heterocycles. The molecule has 0 bridgehead atoms. The molecule has 0 fully saturated rings. The molecule has 0 saturated carbocycles. The van der Waals surface area contributed by atoms with Crippen LogP contribution in [0.15, 0.2) is 129 Å². The Labute approximate surface area is 322 Å². The van der Waals surface area contributed by atoms with E-state index >= 15 is 0 Å². The fourth-order valence-electron chi connectivity index (χ4n) is 6.37. The van der Waals surface area contributed by atoms with E-state index in [0.29, 0.717) is 38.9 Å². The topological polar surface area (TPSA) is 69.9 Å². The first kappa shape index (κ1) is 35.1. The molecule has 0 radical (unpaired) electrons. The van der Waals surface area contributed by atoms with Crippen molar-refractivity contribution in [1.29, 1.82) is 0 Å². The molecule has 51 heavy (non-hydrogen) atoms. The minimum Gasteiger partial charge on any atom is -0.487 e. The summed E-state index contributed by atoms with van der Waals surface area (Å²) in [7, 11) is 0. The minimum absolute atomic E-state index is 0.191. The maximum Gasteiger partial charge on any atom is 0.338 e. The van der Waals surface area contributed by atoms with E-state index in [1.807, 2.05) is 78.9 Å². The second-order valence-electron chi connectivity index (χ2n) is 12.5. The fourth-order valence-corrected chi connectivity index (χ4v) is 9.07. The number of benzene rings is 5. The van der Waals surface area contributed by atoms with Gasteiger partial charge in [0, 0.05) is 15.6 Å². The highest BCUT2D eigenvalue weighted by Crippen LogP contribution is 2.36. The maximum atomic E-state index is 14.6. The summed E-state index contributed by atoms with van der Waals surface area (Å²) in [5.74, 6) is 0.500. The molecule has 0 spiro atoms. The number of hydrogen-bond donors (Lipinski definition) is 0. The molecule has 6 aromatic rings. The molecule has 1 aromatic heterocycles. The van der Waals surface area contributed by atoms with Crippen LogP contribution in [0.5, 0.6) is 5.75 Å². The van der Waals surface area contributed by atoms with Gasteiger partial charge in [-0.1, -0.05) is 138 Å². The zero-order valence-corrected chi connectivity index (χ0v) is 32.8. The van der Waals surface area contributed by atoms with Crippen LogP contribution in [0.25, 0.3) is 22.5 Å². The average Bonchev–Trinajstić information content (AvgIpc) is 3.44. The Morgan fingerprint density at radius 1 is 0.980 bits per heavy atom. The third-order valence-corrected chi connectivity index (χ3v) is 11.1. The van der Waals surface area contributed by atoms with Gasteiger partial charge in [-0.25, -0.2) is 9.79 Å². The molecular weight excluding hydrogens is 835 g/mol. The maximum absolute atomic E-state index is 14.6. The van der Waals surface area contributed by atoms with E-state index in [2.05, 4.69) is 88.8 Å². The standard InChI is InChI=1S/C42H34BrIN2O4S/c1-4-49-41(48)36-37(28-12-6-5-7-13-28)45-42-46(38(36)29-19-17-26(18-20-29)25(2)3)40(47)35(51-42)22-31-21-32(43)23-34(44)39(31)50-24-30-15-10-14-27-11-8-9-16-33(27)30/h5-23,25,38H,4,24H2,1-3H3/b35-22-/t38-/m1/s1. The van der Waals surface area contributed by atoms with Crippen molar-refractivity contribution in [1.82, 2.24) is 4.57 Å². The number of carbonyl (C=O) groups excluding carboxylic acids is 1. The SMILES string of the molecule is CCOC(=O)C1=C(c2ccccc2)N=c2s/c(=C\c3cc(Br)cc(I)c3OCc3cccc4ccccc34)c(=O)n2[C@@H]1c1ccc(C(C)C)cc1. The zero-order chi connectivity index (χ0) is 35.6. The van der Waals surface area contributed by atoms with E-state index in [4.69, 9.17) is 14.5 Å². The van der Waals surface area contributed by atoms with Gasteiger partial charge in [0.15, 0.2) is 4.80 Å². The van der Waals surface area contributed by atoms with Crippen LogP contribution < -0.4 is 19.6 Å². The van der Waals surface area contributed by atoms with Gasteiger partial charge >= 0.3 is 5.97 Å². The van der Waals surface area contributed by atoms with Crippen LogP contribution in [0.1, 0.15) is 60.5 Å². The van der Waals surface area contributed by atoms with Gasteiger partial charge in [0.25, 0.3) is 5.56 Å². The average molecular weight is 870 g/mol. The molecule has 2 heterocycles. The number of fused-ring (bicyclic) bond motifs is 2. The van der Waals surface area contributed by atoms with Gasteiger partial charge in [0.05, 0.1) is 32.0 Å². The van der Waals surface area contributed by atoms with E-state index in [0.717, 1.165) is 46.6 Å². The van der Waals surface area contributed by atoms with Crippen LogP contribution in [-0.2, 0) is 16.1 Å². The van der Waals surface area contributed by atoms with Gasteiger partial charge in [-0.15, -0.1) is 0 Å². The van der Waals surface area contributed by atoms with Gasteiger partial charge in [-0.05, 0) is 81.1 Å². The van der Waals surface area contributed by atoms with Crippen molar-refractivity contribution in [3.63, 3.8) is 0 Å². The van der Waals surface area contributed by atoms with Crippen molar-refractivity contribution in [2.24, 2.45) is 4.99 Å². The molecule has 7 rings (SSSR count). The van der Waals surface area contributed by atoms with Crippen molar-refractivity contribution >= 4 is 78.4 Å². The van der Waals surface area contributed by atoms with E-state index in [1.165, 1.54) is 11.3 Å². The summed E-state index contributed by atoms with van der Waals surface area (Å²) in [5.41, 5.74) is 5.14.